The molecule has 1 N–H and O–H groups in total. The minimum Gasteiger partial charge on any atom is -0.493 e. The molecule has 0 spiro atoms. The summed E-state index contributed by atoms with van der Waals surface area (Å²) in [5, 5.41) is 3.23. The number of aromatic nitrogens is 2. The Labute approximate surface area is 161 Å². The fourth-order valence-electron chi connectivity index (χ4n) is 3.13. The Bertz CT molecular complexity index is 732. The first kappa shape index (κ1) is 19.2. The van der Waals surface area contributed by atoms with E-state index in [9.17, 15) is 0 Å². The third kappa shape index (κ3) is 5.47. The minimum absolute atomic E-state index is 0.548. The second-order valence-corrected chi connectivity index (χ2v) is 6.87. The van der Waals surface area contributed by atoms with Gasteiger partial charge in [-0.3, -0.25) is 0 Å². The van der Waals surface area contributed by atoms with E-state index in [1.54, 1.807) is 13.3 Å². The Morgan fingerprint density at radius 2 is 1.96 bits per heavy atom. The van der Waals surface area contributed by atoms with Crippen molar-refractivity contribution in [1.82, 2.24) is 14.9 Å². The van der Waals surface area contributed by atoms with Gasteiger partial charge in [-0.1, -0.05) is 0 Å². The molecule has 27 heavy (non-hydrogen) atoms. The van der Waals surface area contributed by atoms with Crippen molar-refractivity contribution in [2.45, 2.75) is 19.3 Å². The van der Waals surface area contributed by atoms with Crippen molar-refractivity contribution in [2.75, 3.05) is 57.7 Å². The van der Waals surface area contributed by atoms with E-state index in [1.165, 1.54) is 25.9 Å². The van der Waals surface area contributed by atoms with Crippen molar-refractivity contribution >= 4 is 17.5 Å². The van der Waals surface area contributed by atoms with Crippen molar-refractivity contribution in [3.63, 3.8) is 0 Å². The molecule has 0 aliphatic carbocycles. The number of nitrogens with one attached hydrogen (secondary N) is 1. The fourth-order valence-corrected chi connectivity index (χ4v) is 3.13. The Kier molecular flexibility index (Phi) is 6.70. The van der Waals surface area contributed by atoms with Crippen LogP contribution in [0.2, 0.25) is 0 Å². The summed E-state index contributed by atoms with van der Waals surface area (Å²) in [6, 6.07) is 7.63. The van der Waals surface area contributed by atoms with E-state index in [2.05, 4.69) is 20.2 Å². The van der Waals surface area contributed by atoms with E-state index in [1.807, 2.05) is 43.3 Å². The number of methoxy groups -OCH3 is 1. The molecule has 7 nitrogen and oxygen atoms in total. The molecule has 0 amide bonds. The Morgan fingerprint density at radius 1 is 1.15 bits per heavy atom. The van der Waals surface area contributed by atoms with Crippen molar-refractivity contribution in [3.8, 4) is 11.5 Å². The van der Waals surface area contributed by atoms with Crippen LogP contribution in [0.5, 0.6) is 11.5 Å². The molecule has 1 fully saturated rings. The van der Waals surface area contributed by atoms with Gasteiger partial charge in [-0.25, -0.2) is 4.98 Å². The van der Waals surface area contributed by atoms with Crippen LogP contribution in [0.15, 0.2) is 30.5 Å². The highest BCUT2D eigenvalue weighted by Crippen LogP contribution is 2.31. The van der Waals surface area contributed by atoms with Crippen LogP contribution in [-0.4, -0.2) is 62.3 Å². The molecule has 0 radical (unpaired) electrons. The molecular formula is C20H29N5O2. The first-order chi connectivity index (χ1) is 13.2. The molecule has 0 atom stereocenters. The van der Waals surface area contributed by atoms with Crippen LogP contribution in [0.3, 0.4) is 0 Å². The first-order valence-corrected chi connectivity index (χ1v) is 9.46. The lowest BCUT2D eigenvalue weighted by molar-refractivity contribution is 0.254. The number of benzene rings is 1. The average Bonchev–Trinajstić information content (AvgIpc) is 3.19. The van der Waals surface area contributed by atoms with E-state index in [-0.39, 0.29) is 0 Å². The van der Waals surface area contributed by atoms with Gasteiger partial charge in [-0.15, -0.1) is 0 Å². The second-order valence-electron chi connectivity index (χ2n) is 6.87. The zero-order valence-electron chi connectivity index (χ0n) is 16.4. The third-order valence-corrected chi connectivity index (χ3v) is 4.59. The zero-order valence-corrected chi connectivity index (χ0v) is 16.4. The van der Waals surface area contributed by atoms with Gasteiger partial charge in [0.05, 0.1) is 13.7 Å². The molecule has 1 aromatic heterocycles. The molecule has 0 bridgehead atoms. The Balaban J connectivity index is 1.61. The highest BCUT2D eigenvalue weighted by molar-refractivity contribution is 5.60. The molecule has 0 saturated carbocycles. The highest BCUT2D eigenvalue weighted by atomic mass is 16.5. The molecular weight excluding hydrogens is 342 g/mol. The fraction of sp³-hybridized carbons (Fsp3) is 0.500. The minimum atomic E-state index is 0.548. The van der Waals surface area contributed by atoms with Gasteiger partial charge < -0.3 is 24.6 Å². The molecule has 1 aliphatic rings. The highest BCUT2D eigenvalue weighted by Gasteiger charge is 2.11. The van der Waals surface area contributed by atoms with Crippen molar-refractivity contribution < 1.29 is 9.47 Å². The second kappa shape index (κ2) is 9.41. The number of nitrogens with zero attached hydrogens (tertiary/aromatic N) is 4. The molecule has 1 saturated heterocycles. The predicted molar refractivity (Wildman–Crippen MR) is 108 cm³/mol. The summed E-state index contributed by atoms with van der Waals surface area (Å²) in [6.45, 7) is 4.19. The van der Waals surface area contributed by atoms with E-state index in [0.717, 1.165) is 36.0 Å². The van der Waals surface area contributed by atoms with E-state index >= 15 is 0 Å². The number of hydrogen-bond acceptors (Lipinski definition) is 7. The molecule has 7 heteroatoms. The lowest BCUT2D eigenvalue weighted by atomic mass is 10.2. The summed E-state index contributed by atoms with van der Waals surface area (Å²) in [5.41, 5.74) is 0.862. The standard InChI is InChI=1S/C20H29N5O2/c1-24(2)19-9-10-21-20(23-19)22-16-7-8-17(26-3)18(15-16)27-14-6-13-25-11-4-5-12-25/h7-10,15H,4-6,11-14H2,1-3H3,(H,21,22,23). The van der Waals surface area contributed by atoms with Gasteiger partial charge >= 0.3 is 0 Å². The summed E-state index contributed by atoms with van der Waals surface area (Å²) in [4.78, 5) is 13.2. The normalized spacial score (nSPS) is 14.2. The maximum absolute atomic E-state index is 5.99. The molecule has 2 aromatic rings. The first-order valence-electron chi connectivity index (χ1n) is 9.46. The molecule has 0 unspecified atom stereocenters. The maximum Gasteiger partial charge on any atom is 0.229 e. The summed E-state index contributed by atoms with van der Waals surface area (Å²) >= 11 is 0. The zero-order chi connectivity index (χ0) is 19.1. The molecule has 1 aliphatic heterocycles. The lowest BCUT2D eigenvalue weighted by Crippen LogP contribution is -2.21. The average molecular weight is 371 g/mol. The van der Waals surface area contributed by atoms with Crippen LogP contribution in [0.1, 0.15) is 19.3 Å². The van der Waals surface area contributed by atoms with Gasteiger partial charge in [0.2, 0.25) is 5.95 Å². The SMILES string of the molecule is COc1ccc(Nc2nccc(N(C)C)n2)cc1OCCCN1CCCC1. The largest absolute Gasteiger partial charge is 0.493 e. The van der Waals surface area contributed by atoms with Gasteiger partial charge in [0.25, 0.3) is 0 Å². The number of ether oxygens (including phenoxy) is 2. The van der Waals surface area contributed by atoms with Crippen molar-refractivity contribution in [3.05, 3.63) is 30.5 Å². The van der Waals surface area contributed by atoms with Gasteiger partial charge in [0.1, 0.15) is 5.82 Å². The van der Waals surface area contributed by atoms with E-state index in [0.29, 0.717) is 12.6 Å². The number of anilines is 3. The van der Waals surface area contributed by atoms with E-state index < -0.39 is 0 Å². The van der Waals surface area contributed by atoms with Crippen LogP contribution in [0.25, 0.3) is 0 Å². The number of rotatable bonds is 9. The Morgan fingerprint density at radius 3 is 2.70 bits per heavy atom. The van der Waals surface area contributed by atoms with Crippen molar-refractivity contribution in [2.24, 2.45) is 0 Å². The lowest BCUT2D eigenvalue weighted by Gasteiger charge is -2.16. The van der Waals surface area contributed by atoms with Crippen molar-refractivity contribution in [1.29, 1.82) is 0 Å². The number of hydrogen-bond donors (Lipinski definition) is 1. The van der Waals surface area contributed by atoms with Gasteiger partial charge in [0, 0.05) is 38.6 Å². The van der Waals surface area contributed by atoms with Crippen LogP contribution in [-0.2, 0) is 0 Å². The monoisotopic (exact) mass is 371 g/mol. The smallest absolute Gasteiger partial charge is 0.229 e. The summed E-state index contributed by atoms with van der Waals surface area (Å²) in [5.74, 6) is 2.85. The van der Waals surface area contributed by atoms with Crippen LogP contribution in [0, 0.1) is 0 Å². The van der Waals surface area contributed by atoms with Crippen LogP contribution < -0.4 is 19.7 Å². The summed E-state index contributed by atoms with van der Waals surface area (Å²) < 4.78 is 11.4. The molecule has 2 heterocycles. The summed E-state index contributed by atoms with van der Waals surface area (Å²) in [6.07, 6.45) is 5.39. The summed E-state index contributed by atoms with van der Waals surface area (Å²) in [7, 11) is 5.56. The van der Waals surface area contributed by atoms with E-state index in [4.69, 9.17) is 9.47 Å². The molecule has 146 valence electrons. The predicted octanol–water partition coefficient (Wildman–Crippen LogP) is 3.16. The number of likely N-dealkylation sites (tertiary alicyclic amines) is 1. The topological polar surface area (TPSA) is 62.8 Å². The molecule has 1 aromatic carbocycles. The van der Waals surface area contributed by atoms with Gasteiger partial charge in [0.15, 0.2) is 11.5 Å². The maximum atomic E-state index is 5.99. The van der Waals surface area contributed by atoms with Gasteiger partial charge in [-0.2, -0.15) is 4.98 Å². The quantitative estimate of drug-likeness (QED) is 0.679. The third-order valence-electron chi connectivity index (χ3n) is 4.59. The van der Waals surface area contributed by atoms with Crippen LogP contribution >= 0.6 is 0 Å². The Hall–Kier alpha value is -2.54. The van der Waals surface area contributed by atoms with Gasteiger partial charge in [-0.05, 0) is 50.6 Å². The molecule has 3 rings (SSSR count). The van der Waals surface area contributed by atoms with Crippen LogP contribution in [0.4, 0.5) is 17.5 Å².